The topological polar surface area (TPSA) is 76.1 Å². The minimum atomic E-state index is -0.782. The van der Waals surface area contributed by atoms with Crippen LogP contribution in [0.2, 0.25) is 0 Å². The molecule has 162 valence electrons. The van der Waals surface area contributed by atoms with E-state index in [0.29, 0.717) is 34.9 Å². The van der Waals surface area contributed by atoms with Crippen LogP contribution in [0.15, 0.2) is 84.4 Å². The molecule has 6 nitrogen and oxygen atoms in total. The number of carbonyl (C=O) groups is 2. The van der Waals surface area contributed by atoms with Gasteiger partial charge in [-0.25, -0.2) is 0 Å². The summed E-state index contributed by atoms with van der Waals surface area (Å²) in [4.78, 5) is 27.6. The van der Waals surface area contributed by atoms with Crippen molar-refractivity contribution in [3.63, 3.8) is 0 Å². The first-order valence-corrected chi connectivity index (χ1v) is 10.3. The van der Waals surface area contributed by atoms with Crippen LogP contribution in [0.1, 0.15) is 24.1 Å². The van der Waals surface area contributed by atoms with Gasteiger partial charge < -0.3 is 14.6 Å². The van der Waals surface area contributed by atoms with Gasteiger partial charge in [-0.3, -0.25) is 14.5 Å². The van der Waals surface area contributed by atoms with Crippen LogP contribution in [-0.4, -0.2) is 30.5 Å². The number of carbonyl (C=O) groups excluding carboxylic acids is 2. The summed E-state index contributed by atoms with van der Waals surface area (Å²) in [5.41, 5.74) is 1.72. The first-order valence-electron chi connectivity index (χ1n) is 10.3. The lowest BCUT2D eigenvalue weighted by molar-refractivity contribution is -0.132. The normalized spacial score (nSPS) is 17.4. The molecule has 1 heterocycles. The van der Waals surface area contributed by atoms with Crippen molar-refractivity contribution in [2.75, 3.05) is 18.6 Å². The fourth-order valence-corrected chi connectivity index (χ4v) is 3.82. The lowest BCUT2D eigenvalue weighted by atomic mass is 9.95. The van der Waals surface area contributed by atoms with Gasteiger partial charge in [-0.05, 0) is 61.0 Å². The van der Waals surface area contributed by atoms with Crippen molar-refractivity contribution in [3.05, 3.63) is 95.6 Å². The summed E-state index contributed by atoms with van der Waals surface area (Å²) < 4.78 is 10.7. The predicted molar refractivity (Wildman–Crippen MR) is 122 cm³/mol. The highest BCUT2D eigenvalue weighted by Crippen LogP contribution is 2.42. The number of methoxy groups -OCH3 is 1. The molecule has 1 atom stereocenters. The molecule has 0 spiro atoms. The molecule has 0 aromatic heterocycles. The molecule has 32 heavy (non-hydrogen) atoms. The molecule has 1 aliphatic rings. The predicted octanol–water partition coefficient (Wildman–Crippen LogP) is 4.72. The van der Waals surface area contributed by atoms with Crippen molar-refractivity contribution in [2.24, 2.45) is 0 Å². The number of ether oxygens (including phenoxy) is 2. The summed E-state index contributed by atoms with van der Waals surface area (Å²) in [5.74, 6) is -0.355. The molecule has 1 aliphatic heterocycles. The second kappa shape index (κ2) is 8.98. The van der Waals surface area contributed by atoms with Crippen molar-refractivity contribution in [2.45, 2.75) is 13.0 Å². The van der Waals surface area contributed by atoms with Gasteiger partial charge in [0.05, 0.1) is 25.3 Å². The van der Waals surface area contributed by atoms with Gasteiger partial charge in [0.2, 0.25) is 0 Å². The van der Waals surface area contributed by atoms with Gasteiger partial charge in [0, 0.05) is 11.3 Å². The van der Waals surface area contributed by atoms with Crippen LogP contribution >= 0.6 is 0 Å². The average molecular weight is 429 g/mol. The number of amides is 1. The second-order valence-corrected chi connectivity index (χ2v) is 7.24. The monoisotopic (exact) mass is 429 g/mol. The number of aliphatic hydroxyl groups excluding tert-OH is 1. The summed E-state index contributed by atoms with van der Waals surface area (Å²) in [5, 5.41) is 11.1. The van der Waals surface area contributed by atoms with Crippen LogP contribution in [-0.2, 0) is 9.59 Å². The van der Waals surface area contributed by atoms with Crippen LogP contribution in [0.3, 0.4) is 0 Å². The fourth-order valence-electron chi connectivity index (χ4n) is 3.82. The molecule has 1 saturated heterocycles. The number of nitrogens with zero attached hydrogens (tertiary/aromatic N) is 1. The number of Topliss-reactive ketones (excluding diaryl/α,β-unsaturated/α-hetero) is 1. The molecule has 1 fully saturated rings. The van der Waals surface area contributed by atoms with E-state index in [-0.39, 0.29) is 11.3 Å². The largest absolute Gasteiger partial charge is 0.507 e. The zero-order valence-corrected chi connectivity index (χ0v) is 17.8. The molecule has 0 bridgehead atoms. The van der Waals surface area contributed by atoms with Crippen LogP contribution in [0.25, 0.3) is 5.76 Å². The van der Waals surface area contributed by atoms with Crippen molar-refractivity contribution in [1.29, 1.82) is 0 Å². The van der Waals surface area contributed by atoms with Crippen molar-refractivity contribution in [1.82, 2.24) is 0 Å². The first-order chi connectivity index (χ1) is 15.5. The van der Waals surface area contributed by atoms with E-state index in [2.05, 4.69) is 0 Å². The summed E-state index contributed by atoms with van der Waals surface area (Å²) in [6.07, 6.45) is 0. The average Bonchev–Trinajstić information content (AvgIpc) is 3.10. The second-order valence-electron chi connectivity index (χ2n) is 7.24. The van der Waals surface area contributed by atoms with Gasteiger partial charge in [-0.15, -0.1) is 0 Å². The molecule has 3 aromatic carbocycles. The number of hydrogen-bond donors (Lipinski definition) is 1. The van der Waals surface area contributed by atoms with Crippen molar-refractivity contribution < 1.29 is 24.2 Å². The molecule has 3 aromatic rings. The smallest absolute Gasteiger partial charge is 0.300 e. The van der Waals surface area contributed by atoms with Gasteiger partial charge in [-0.2, -0.15) is 0 Å². The van der Waals surface area contributed by atoms with E-state index < -0.39 is 17.7 Å². The molecular formula is C26H23NO5. The third-order valence-electron chi connectivity index (χ3n) is 5.35. The minimum Gasteiger partial charge on any atom is -0.507 e. The van der Waals surface area contributed by atoms with E-state index in [1.54, 1.807) is 79.9 Å². The Morgan fingerprint density at radius 2 is 1.53 bits per heavy atom. The van der Waals surface area contributed by atoms with Gasteiger partial charge in [-0.1, -0.05) is 30.3 Å². The molecule has 1 N–H and O–H groups in total. The maximum atomic E-state index is 13.1. The Kier molecular flexibility index (Phi) is 5.94. The molecule has 0 saturated carbocycles. The standard InChI is InChI=1S/C26H23NO5/c1-3-32-21-15-9-17(10-16-21)23-22(24(28)18-11-13-20(31-2)14-12-18)25(29)26(30)27(23)19-7-5-4-6-8-19/h4-16,23,28H,3H2,1-2H3/b24-22-. The van der Waals surface area contributed by atoms with Crippen LogP contribution < -0.4 is 14.4 Å². The highest BCUT2D eigenvalue weighted by atomic mass is 16.5. The van der Waals surface area contributed by atoms with E-state index in [9.17, 15) is 14.7 Å². The zero-order valence-electron chi connectivity index (χ0n) is 17.8. The first kappa shape index (κ1) is 21.2. The number of ketones is 1. The number of anilines is 1. The Balaban J connectivity index is 1.88. The number of benzene rings is 3. The van der Waals surface area contributed by atoms with E-state index in [1.807, 2.05) is 13.0 Å². The van der Waals surface area contributed by atoms with Crippen molar-refractivity contribution in [3.8, 4) is 11.5 Å². The minimum absolute atomic E-state index is 0.0354. The highest BCUT2D eigenvalue weighted by Gasteiger charge is 2.46. The summed E-state index contributed by atoms with van der Waals surface area (Å²) in [6.45, 7) is 2.42. The Labute approximate surface area is 186 Å². The molecule has 1 unspecified atom stereocenters. The molecule has 4 rings (SSSR count). The van der Waals surface area contributed by atoms with Gasteiger partial charge in [0.25, 0.3) is 11.7 Å². The van der Waals surface area contributed by atoms with E-state index in [1.165, 1.54) is 4.90 Å². The summed E-state index contributed by atoms with van der Waals surface area (Å²) >= 11 is 0. The molecular weight excluding hydrogens is 406 g/mol. The van der Waals surface area contributed by atoms with Crippen LogP contribution in [0.4, 0.5) is 5.69 Å². The lowest BCUT2D eigenvalue weighted by Crippen LogP contribution is -2.29. The summed E-state index contributed by atoms with van der Waals surface area (Å²) in [6, 6.07) is 22.0. The third kappa shape index (κ3) is 3.83. The van der Waals surface area contributed by atoms with Crippen molar-refractivity contribution >= 4 is 23.1 Å². The maximum absolute atomic E-state index is 13.1. The SMILES string of the molecule is CCOc1ccc(C2/C(=C(/O)c3ccc(OC)cc3)C(=O)C(=O)N2c2ccccc2)cc1. The van der Waals surface area contributed by atoms with E-state index in [0.717, 1.165) is 0 Å². The molecule has 0 radical (unpaired) electrons. The maximum Gasteiger partial charge on any atom is 0.300 e. The van der Waals surface area contributed by atoms with Crippen LogP contribution in [0.5, 0.6) is 11.5 Å². The lowest BCUT2D eigenvalue weighted by Gasteiger charge is -2.25. The fraction of sp³-hybridized carbons (Fsp3) is 0.154. The van der Waals surface area contributed by atoms with Crippen LogP contribution in [0, 0.1) is 0 Å². The Morgan fingerprint density at radius 3 is 2.12 bits per heavy atom. The van der Waals surface area contributed by atoms with Gasteiger partial charge in [0.15, 0.2) is 0 Å². The number of rotatable bonds is 6. The number of hydrogen-bond acceptors (Lipinski definition) is 5. The molecule has 0 aliphatic carbocycles. The Morgan fingerprint density at radius 1 is 0.906 bits per heavy atom. The Bertz CT molecular complexity index is 1150. The van der Waals surface area contributed by atoms with E-state index >= 15 is 0 Å². The van der Waals surface area contributed by atoms with Gasteiger partial charge in [0.1, 0.15) is 17.3 Å². The zero-order chi connectivity index (χ0) is 22.7. The number of para-hydroxylation sites is 1. The quantitative estimate of drug-likeness (QED) is 0.349. The third-order valence-corrected chi connectivity index (χ3v) is 5.35. The number of aliphatic hydroxyl groups is 1. The Hall–Kier alpha value is -4.06. The van der Waals surface area contributed by atoms with E-state index in [4.69, 9.17) is 9.47 Å². The highest BCUT2D eigenvalue weighted by molar-refractivity contribution is 6.51. The van der Waals surface area contributed by atoms with Gasteiger partial charge >= 0.3 is 0 Å². The molecule has 6 heteroatoms. The molecule has 1 amide bonds. The summed E-state index contributed by atoms with van der Waals surface area (Å²) in [7, 11) is 1.55.